The summed E-state index contributed by atoms with van der Waals surface area (Å²) in [6, 6.07) is 15.4. The summed E-state index contributed by atoms with van der Waals surface area (Å²) >= 11 is 1.81. The lowest BCUT2D eigenvalue weighted by molar-refractivity contribution is 0.460. The number of pyridine rings is 1. The highest BCUT2D eigenvalue weighted by Crippen LogP contribution is 2.36. The van der Waals surface area contributed by atoms with Crippen LogP contribution in [0.3, 0.4) is 0 Å². The highest BCUT2D eigenvalue weighted by Gasteiger charge is 2.18. The Morgan fingerprint density at radius 3 is 2.73 bits per heavy atom. The number of aryl methyl sites for hydroxylation is 1. The number of aromatic nitrogens is 4. The zero-order valence-electron chi connectivity index (χ0n) is 16.8. The first-order chi connectivity index (χ1) is 14.8. The third-order valence-corrected chi connectivity index (χ3v) is 7.22. The van der Waals surface area contributed by atoms with Crippen molar-refractivity contribution in [1.82, 2.24) is 25.5 Å². The van der Waals surface area contributed by atoms with E-state index in [2.05, 4.69) is 74.9 Å². The summed E-state index contributed by atoms with van der Waals surface area (Å²) < 4.78 is 0. The second-order valence-corrected chi connectivity index (χ2v) is 9.40. The molecule has 0 amide bonds. The lowest BCUT2D eigenvalue weighted by atomic mass is 9.89. The molecule has 30 heavy (non-hydrogen) atoms. The van der Waals surface area contributed by atoms with Crippen molar-refractivity contribution >= 4 is 33.3 Å². The van der Waals surface area contributed by atoms with E-state index in [-0.39, 0.29) is 0 Å². The number of aromatic amines is 2. The van der Waals surface area contributed by atoms with Crippen LogP contribution in [-0.2, 0) is 0 Å². The number of H-pyrrole nitrogens is 2. The number of hydrogen-bond acceptors (Lipinski definition) is 4. The molecule has 5 aromatic rings. The van der Waals surface area contributed by atoms with Crippen LogP contribution in [0, 0.1) is 6.92 Å². The van der Waals surface area contributed by atoms with Crippen LogP contribution in [0.25, 0.3) is 43.8 Å². The molecule has 0 unspecified atom stereocenters. The summed E-state index contributed by atoms with van der Waals surface area (Å²) in [6.45, 7) is 4.34. The Morgan fingerprint density at radius 1 is 1.00 bits per heavy atom. The summed E-state index contributed by atoms with van der Waals surface area (Å²) in [6.07, 6.45) is 4.27. The second-order valence-electron chi connectivity index (χ2n) is 8.12. The maximum atomic E-state index is 4.66. The average molecular weight is 414 g/mol. The van der Waals surface area contributed by atoms with Gasteiger partial charge in [-0.1, -0.05) is 6.07 Å². The Kier molecular flexibility index (Phi) is 4.21. The fourth-order valence-electron chi connectivity index (χ4n) is 4.59. The van der Waals surface area contributed by atoms with Crippen molar-refractivity contribution in [3.05, 3.63) is 59.1 Å². The Hall–Kier alpha value is -2.96. The number of hydrogen-bond donors (Lipinski definition) is 3. The van der Waals surface area contributed by atoms with Crippen molar-refractivity contribution in [3.63, 3.8) is 0 Å². The smallest absolute Gasteiger partial charge is 0.138 e. The SMILES string of the molecule is Cc1ccc(-c2ccnc3[nH]c(-c4n[nH]c5ccc(C6CCNCC6)cc45)cc23)s1. The van der Waals surface area contributed by atoms with E-state index in [1.54, 1.807) is 0 Å². The predicted octanol–water partition coefficient (Wildman–Crippen LogP) is 5.61. The summed E-state index contributed by atoms with van der Waals surface area (Å²) in [5.74, 6) is 0.622. The van der Waals surface area contributed by atoms with Gasteiger partial charge in [-0.25, -0.2) is 4.98 Å². The Bertz CT molecular complexity index is 1350. The minimum absolute atomic E-state index is 0.622. The quantitative estimate of drug-likeness (QED) is 0.360. The van der Waals surface area contributed by atoms with E-state index in [1.165, 1.54) is 39.1 Å². The summed E-state index contributed by atoms with van der Waals surface area (Å²) in [5, 5.41) is 13.6. The van der Waals surface area contributed by atoms with Crippen LogP contribution in [0.2, 0.25) is 0 Å². The van der Waals surface area contributed by atoms with Crippen LogP contribution in [0.4, 0.5) is 0 Å². The van der Waals surface area contributed by atoms with Crippen molar-refractivity contribution in [2.24, 2.45) is 0 Å². The molecule has 1 fully saturated rings. The fraction of sp³-hybridized carbons (Fsp3) is 0.250. The molecule has 4 aromatic heterocycles. The van der Waals surface area contributed by atoms with Gasteiger partial charge in [0.25, 0.3) is 0 Å². The van der Waals surface area contributed by atoms with Crippen LogP contribution >= 0.6 is 11.3 Å². The van der Waals surface area contributed by atoms with Gasteiger partial charge in [0.15, 0.2) is 0 Å². The van der Waals surface area contributed by atoms with Gasteiger partial charge >= 0.3 is 0 Å². The van der Waals surface area contributed by atoms with E-state index >= 15 is 0 Å². The fourth-order valence-corrected chi connectivity index (χ4v) is 5.50. The van der Waals surface area contributed by atoms with Crippen molar-refractivity contribution in [1.29, 1.82) is 0 Å². The van der Waals surface area contributed by atoms with Crippen molar-refractivity contribution in [2.45, 2.75) is 25.7 Å². The van der Waals surface area contributed by atoms with Gasteiger partial charge in [0.05, 0.1) is 11.2 Å². The predicted molar refractivity (Wildman–Crippen MR) is 124 cm³/mol. The first-order valence-electron chi connectivity index (χ1n) is 10.5. The Morgan fingerprint density at radius 2 is 1.90 bits per heavy atom. The number of rotatable bonds is 3. The summed E-state index contributed by atoms with van der Waals surface area (Å²) in [5.41, 5.74) is 6.58. The molecular weight excluding hydrogens is 390 g/mol. The molecule has 6 rings (SSSR count). The molecule has 0 radical (unpaired) electrons. The molecule has 1 aliphatic rings. The molecule has 0 atom stereocenters. The van der Waals surface area contributed by atoms with Gasteiger partial charge < -0.3 is 10.3 Å². The maximum absolute atomic E-state index is 4.66. The number of fused-ring (bicyclic) bond motifs is 2. The van der Waals surface area contributed by atoms with Gasteiger partial charge in [0.2, 0.25) is 0 Å². The van der Waals surface area contributed by atoms with Crippen molar-refractivity contribution in [3.8, 4) is 21.8 Å². The molecule has 1 aliphatic heterocycles. The van der Waals surface area contributed by atoms with E-state index in [0.29, 0.717) is 5.92 Å². The number of benzene rings is 1. The molecule has 0 bridgehead atoms. The van der Waals surface area contributed by atoms with Crippen molar-refractivity contribution < 1.29 is 0 Å². The van der Waals surface area contributed by atoms with E-state index in [0.717, 1.165) is 41.0 Å². The lowest BCUT2D eigenvalue weighted by Crippen LogP contribution is -2.26. The zero-order valence-corrected chi connectivity index (χ0v) is 17.6. The molecule has 0 spiro atoms. The van der Waals surface area contributed by atoms with E-state index in [4.69, 9.17) is 0 Å². The first kappa shape index (κ1) is 17.9. The molecule has 0 aliphatic carbocycles. The van der Waals surface area contributed by atoms with Crippen molar-refractivity contribution in [2.75, 3.05) is 13.1 Å². The highest BCUT2D eigenvalue weighted by atomic mass is 32.1. The molecular formula is C24H23N5S. The zero-order chi connectivity index (χ0) is 20.1. The number of thiophene rings is 1. The minimum atomic E-state index is 0.622. The third-order valence-electron chi connectivity index (χ3n) is 6.19. The van der Waals surface area contributed by atoms with E-state index in [1.807, 2.05) is 17.5 Å². The first-order valence-corrected chi connectivity index (χ1v) is 11.3. The van der Waals surface area contributed by atoms with Gasteiger partial charge in [-0.05, 0) is 80.7 Å². The lowest BCUT2D eigenvalue weighted by Gasteiger charge is -2.23. The van der Waals surface area contributed by atoms with E-state index in [9.17, 15) is 0 Å². The normalized spacial score (nSPS) is 15.4. The number of nitrogens with one attached hydrogen (secondary N) is 3. The number of nitrogens with zero attached hydrogens (tertiary/aromatic N) is 2. The summed E-state index contributed by atoms with van der Waals surface area (Å²) in [7, 11) is 0. The van der Waals surface area contributed by atoms with E-state index < -0.39 is 0 Å². The van der Waals surface area contributed by atoms with Gasteiger partial charge in [0.1, 0.15) is 11.3 Å². The van der Waals surface area contributed by atoms with Crippen LogP contribution in [0.5, 0.6) is 0 Å². The van der Waals surface area contributed by atoms with Crippen LogP contribution in [0.15, 0.2) is 48.7 Å². The Balaban J connectivity index is 1.47. The molecule has 0 saturated carbocycles. The van der Waals surface area contributed by atoms with Crippen LogP contribution in [-0.4, -0.2) is 33.3 Å². The van der Waals surface area contributed by atoms with Gasteiger partial charge in [-0.3, -0.25) is 5.10 Å². The molecule has 5 heterocycles. The molecule has 150 valence electrons. The Labute approximate surface area is 178 Å². The van der Waals surface area contributed by atoms with Gasteiger partial charge in [-0.2, -0.15) is 5.10 Å². The second kappa shape index (κ2) is 7.07. The largest absolute Gasteiger partial charge is 0.338 e. The van der Waals surface area contributed by atoms with Gasteiger partial charge in [-0.15, -0.1) is 11.3 Å². The van der Waals surface area contributed by atoms with Crippen LogP contribution in [0.1, 0.15) is 29.2 Å². The third kappa shape index (κ3) is 2.95. The van der Waals surface area contributed by atoms with Crippen LogP contribution < -0.4 is 5.32 Å². The standard InChI is InChI=1S/C24H23N5S/c1-14-2-5-22(30-14)17-8-11-26-24-18(17)13-21(27-24)23-19-12-16(3-4-20(19)28-29-23)15-6-9-25-10-7-15/h2-5,8,11-13,15,25H,6-7,9-10H2,1H3,(H,26,27)(H,28,29). The maximum Gasteiger partial charge on any atom is 0.138 e. The average Bonchev–Trinajstić information content (AvgIpc) is 3.51. The summed E-state index contributed by atoms with van der Waals surface area (Å²) in [4.78, 5) is 10.7. The topological polar surface area (TPSA) is 69.4 Å². The monoisotopic (exact) mass is 413 g/mol. The molecule has 3 N–H and O–H groups in total. The van der Waals surface area contributed by atoms with Gasteiger partial charge in [0, 0.05) is 32.3 Å². The highest BCUT2D eigenvalue weighted by molar-refractivity contribution is 7.15. The molecule has 5 nitrogen and oxygen atoms in total. The number of piperidine rings is 1. The minimum Gasteiger partial charge on any atom is -0.338 e. The molecule has 6 heteroatoms. The molecule has 1 aromatic carbocycles. The molecule has 1 saturated heterocycles.